The van der Waals surface area contributed by atoms with Crippen molar-refractivity contribution in [3.63, 3.8) is 0 Å². The van der Waals surface area contributed by atoms with Crippen molar-refractivity contribution >= 4 is 18.0 Å². The second-order valence-electron chi connectivity index (χ2n) is 9.76. The monoisotopic (exact) mass is 515 g/mol. The van der Waals surface area contributed by atoms with Gasteiger partial charge in [0.1, 0.15) is 13.2 Å². The maximum atomic E-state index is 12.8. The van der Waals surface area contributed by atoms with Gasteiger partial charge in [-0.1, -0.05) is 44.2 Å². The van der Waals surface area contributed by atoms with E-state index < -0.39 is 30.7 Å². The Morgan fingerprint density at radius 2 is 1.72 bits per heavy atom. The molecule has 36 heavy (non-hydrogen) atoms. The molecular formula is C25H36F3N3O5. The average Bonchev–Trinajstić information content (AvgIpc) is 2.81. The van der Waals surface area contributed by atoms with Gasteiger partial charge in [-0.25, -0.2) is 9.59 Å². The molecule has 2 rings (SSSR count). The number of hydrogen-bond acceptors (Lipinski definition) is 6. The number of rotatable bonds is 8. The molecule has 0 aliphatic heterocycles. The molecule has 0 heterocycles. The lowest BCUT2D eigenvalue weighted by atomic mass is 9.75. The molecular weight excluding hydrogens is 479 g/mol. The highest BCUT2D eigenvalue weighted by Crippen LogP contribution is 2.33. The highest BCUT2D eigenvalue weighted by atomic mass is 19.4. The van der Waals surface area contributed by atoms with E-state index in [2.05, 4.69) is 49.8 Å². The number of halogens is 3. The predicted molar refractivity (Wildman–Crippen MR) is 126 cm³/mol. The Kier molecular flexibility index (Phi) is 10.6. The summed E-state index contributed by atoms with van der Waals surface area (Å²) in [5.41, 5.74) is 0.570. The molecule has 1 fully saturated rings. The zero-order valence-electron chi connectivity index (χ0n) is 21.4. The van der Waals surface area contributed by atoms with Crippen LogP contribution in [0.1, 0.15) is 52.5 Å². The molecule has 3 atom stereocenters. The van der Waals surface area contributed by atoms with Gasteiger partial charge in [-0.2, -0.15) is 13.2 Å². The van der Waals surface area contributed by atoms with Crippen molar-refractivity contribution in [1.29, 1.82) is 0 Å². The lowest BCUT2D eigenvalue weighted by molar-refractivity contribution is -0.231. The highest BCUT2D eigenvalue weighted by Gasteiger charge is 2.44. The fourth-order valence-electron chi connectivity index (χ4n) is 4.35. The van der Waals surface area contributed by atoms with E-state index in [9.17, 15) is 27.6 Å². The summed E-state index contributed by atoms with van der Waals surface area (Å²) in [6.45, 7) is 7.15. The summed E-state index contributed by atoms with van der Waals surface area (Å²) in [5, 5.41) is 2.84. The molecule has 0 bridgehead atoms. The molecule has 0 aromatic heterocycles. The second kappa shape index (κ2) is 12.9. The van der Waals surface area contributed by atoms with Crippen molar-refractivity contribution in [2.75, 3.05) is 13.6 Å². The number of nitrogens with one attached hydrogen (secondary N) is 1. The van der Waals surface area contributed by atoms with E-state index >= 15 is 0 Å². The van der Waals surface area contributed by atoms with E-state index in [1.54, 1.807) is 30.3 Å². The van der Waals surface area contributed by atoms with Gasteiger partial charge in [-0.3, -0.25) is 4.79 Å². The molecule has 2 amide bonds. The Labute approximate surface area is 210 Å². The van der Waals surface area contributed by atoms with Crippen molar-refractivity contribution < 1.29 is 37.1 Å². The second-order valence-corrected chi connectivity index (χ2v) is 9.76. The summed E-state index contributed by atoms with van der Waals surface area (Å²) in [5.74, 6) is -2.99. The van der Waals surface area contributed by atoms with Gasteiger partial charge in [0, 0.05) is 18.1 Å². The normalized spacial score (nSPS) is 20.4. The molecule has 1 aliphatic rings. The largest absolute Gasteiger partial charge is 0.493 e. The molecule has 0 spiro atoms. The van der Waals surface area contributed by atoms with E-state index in [0.717, 1.165) is 12.8 Å². The number of alkyl halides is 3. The lowest BCUT2D eigenvalue weighted by Gasteiger charge is -2.43. The maximum absolute atomic E-state index is 12.8. The van der Waals surface area contributed by atoms with Crippen molar-refractivity contribution in [2.45, 2.75) is 77.9 Å². The van der Waals surface area contributed by atoms with Crippen LogP contribution in [-0.4, -0.2) is 65.8 Å². The topological polar surface area (TPSA) is 88.2 Å². The van der Waals surface area contributed by atoms with E-state index in [-0.39, 0.29) is 29.5 Å². The van der Waals surface area contributed by atoms with E-state index in [1.165, 1.54) is 0 Å². The van der Waals surface area contributed by atoms with Crippen LogP contribution in [0.15, 0.2) is 30.3 Å². The standard InChI is InChI=1S/C25H36F3N3O5/c1-16(2)20-13-19(30(5)17(3)4)11-12-21(20)29-22(32)14-31(36-23(33)25(26,27)28)24(34)35-15-18-9-7-6-8-10-18/h6-10,16-17,19-21H,11-15H2,1-5H3,(H,29,32)/t19-,20+,21+/m1/s1. The Morgan fingerprint density at radius 1 is 1.08 bits per heavy atom. The van der Waals surface area contributed by atoms with Gasteiger partial charge >= 0.3 is 18.2 Å². The van der Waals surface area contributed by atoms with E-state index in [4.69, 9.17) is 4.74 Å². The third kappa shape index (κ3) is 8.69. The first-order valence-electron chi connectivity index (χ1n) is 12.1. The van der Waals surface area contributed by atoms with Gasteiger partial charge in [-0.15, -0.1) is 5.06 Å². The number of carbonyl (C=O) groups is 3. The fourth-order valence-corrected chi connectivity index (χ4v) is 4.35. The quantitative estimate of drug-likeness (QED) is 0.520. The molecule has 1 aromatic rings. The Balaban J connectivity index is 2.06. The minimum atomic E-state index is -5.35. The number of nitrogens with zero attached hydrogens (tertiary/aromatic N) is 2. The minimum Gasteiger partial charge on any atom is -0.442 e. The lowest BCUT2D eigenvalue weighted by Crippen LogP contribution is -2.53. The zero-order valence-corrected chi connectivity index (χ0v) is 21.4. The molecule has 0 radical (unpaired) electrons. The van der Waals surface area contributed by atoms with Crippen LogP contribution < -0.4 is 5.32 Å². The van der Waals surface area contributed by atoms with Crippen LogP contribution in [-0.2, 0) is 25.8 Å². The first-order chi connectivity index (χ1) is 16.8. The van der Waals surface area contributed by atoms with Gasteiger partial charge in [0.05, 0.1) is 0 Å². The number of amides is 2. The number of carbonyl (C=O) groups excluding carboxylic acids is 3. The summed E-state index contributed by atoms with van der Waals surface area (Å²) in [6.07, 6.45) is -4.36. The summed E-state index contributed by atoms with van der Waals surface area (Å²) in [6, 6.07) is 8.90. The van der Waals surface area contributed by atoms with Gasteiger partial charge < -0.3 is 19.8 Å². The van der Waals surface area contributed by atoms with Crippen molar-refractivity contribution in [3.05, 3.63) is 35.9 Å². The molecule has 0 unspecified atom stereocenters. The van der Waals surface area contributed by atoms with E-state index in [0.29, 0.717) is 24.1 Å². The third-order valence-electron chi connectivity index (χ3n) is 6.59. The van der Waals surface area contributed by atoms with Crippen LogP contribution in [0.25, 0.3) is 0 Å². The first kappa shape index (κ1) is 29.4. The molecule has 1 aliphatic carbocycles. The minimum absolute atomic E-state index is 0.0106. The molecule has 202 valence electrons. The smallest absolute Gasteiger partial charge is 0.442 e. The van der Waals surface area contributed by atoms with Crippen molar-refractivity contribution in [2.24, 2.45) is 11.8 Å². The SMILES string of the molecule is CC(C)[C@@H]1C[C@H](N(C)C(C)C)CC[C@@H]1NC(=O)CN(OC(=O)C(F)(F)F)C(=O)OCc1ccccc1. The Morgan fingerprint density at radius 3 is 2.28 bits per heavy atom. The summed E-state index contributed by atoms with van der Waals surface area (Å²) < 4.78 is 43.3. The molecule has 1 N–H and O–H groups in total. The van der Waals surface area contributed by atoms with Crippen molar-refractivity contribution in [1.82, 2.24) is 15.3 Å². The summed E-state index contributed by atoms with van der Waals surface area (Å²) >= 11 is 0. The van der Waals surface area contributed by atoms with Gasteiger partial charge in [-0.05, 0) is 57.6 Å². The number of hydrogen-bond donors (Lipinski definition) is 1. The van der Waals surface area contributed by atoms with Crippen LogP contribution in [0.3, 0.4) is 0 Å². The molecule has 0 saturated heterocycles. The maximum Gasteiger partial charge on any atom is 0.493 e. The Hall–Kier alpha value is -2.82. The van der Waals surface area contributed by atoms with Gasteiger partial charge in [0.2, 0.25) is 5.91 Å². The highest BCUT2D eigenvalue weighted by molar-refractivity contribution is 5.83. The third-order valence-corrected chi connectivity index (χ3v) is 6.59. The van der Waals surface area contributed by atoms with Crippen molar-refractivity contribution in [3.8, 4) is 0 Å². The van der Waals surface area contributed by atoms with Crippen LogP contribution in [0.4, 0.5) is 18.0 Å². The number of ether oxygens (including phenoxy) is 1. The first-order valence-corrected chi connectivity index (χ1v) is 12.1. The Bertz CT molecular complexity index is 879. The molecule has 1 aromatic carbocycles. The fraction of sp³-hybridized carbons (Fsp3) is 0.640. The predicted octanol–water partition coefficient (Wildman–Crippen LogP) is 4.30. The van der Waals surface area contributed by atoms with Crippen LogP contribution in [0, 0.1) is 11.8 Å². The van der Waals surface area contributed by atoms with Gasteiger partial charge in [0.25, 0.3) is 0 Å². The average molecular weight is 516 g/mol. The molecule has 11 heteroatoms. The van der Waals surface area contributed by atoms with E-state index in [1.807, 2.05) is 0 Å². The number of benzene rings is 1. The summed E-state index contributed by atoms with van der Waals surface area (Å²) in [7, 11) is 2.07. The zero-order chi connectivity index (χ0) is 27.0. The molecule has 8 nitrogen and oxygen atoms in total. The van der Waals surface area contributed by atoms with Crippen LogP contribution in [0.5, 0.6) is 0 Å². The van der Waals surface area contributed by atoms with Crippen LogP contribution >= 0.6 is 0 Å². The summed E-state index contributed by atoms with van der Waals surface area (Å²) in [4.78, 5) is 43.1. The van der Waals surface area contributed by atoms with Gasteiger partial charge in [0.15, 0.2) is 0 Å². The molecule has 1 saturated carbocycles. The van der Waals surface area contributed by atoms with Crippen LogP contribution in [0.2, 0.25) is 0 Å². The number of hydroxylamine groups is 2.